The van der Waals surface area contributed by atoms with Gasteiger partial charge in [-0.1, -0.05) is 6.07 Å². The maximum atomic E-state index is 16.0. The Morgan fingerprint density at radius 2 is 1.73 bits per heavy atom. The Kier molecular flexibility index (Phi) is 6.77. The minimum Gasteiger partial charge on any atom is -0.378 e. The molecule has 13 heteroatoms. The van der Waals surface area contributed by atoms with Gasteiger partial charge in [0.05, 0.1) is 64.7 Å². The second-order valence-electron chi connectivity index (χ2n) is 11.1. The number of rotatable bonds is 5. The fourth-order valence-corrected chi connectivity index (χ4v) is 6.11. The number of halogens is 2. The number of benzene rings is 3. The number of carbonyl (C=O) groups excluding carboxylic acids is 1. The molecule has 0 spiro atoms. The minimum absolute atomic E-state index is 0.132. The second kappa shape index (κ2) is 10.7. The molecule has 3 aromatic heterocycles. The van der Waals surface area contributed by atoms with Crippen molar-refractivity contribution in [1.29, 1.82) is 0 Å². The lowest BCUT2D eigenvalue weighted by molar-refractivity contribution is 0.0959. The topological polar surface area (TPSA) is 104 Å². The van der Waals surface area contributed by atoms with Crippen LogP contribution in [0.2, 0.25) is 0 Å². The molecule has 0 atom stereocenters. The van der Waals surface area contributed by atoms with Crippen LogP contribution in [-0.4, -0.2) is 67.5 Å². The monoisotopic (exact) mass is 612 g/mol. The summed E-state index contributed by atoms with van der Waals surface area (Å²) in [6.45, 7) is 2.40. The maximum Gasteiger partial charge on any atom is 0.328 e. The van der Waals surface area contributed by atoms with Crippen molar-refractivity contribution in [3.63, 3.8) is 0 Å². The van der Waals surface area contributed by atoms with Gasteiger partial charge in [0.2, 0.25) is 0 Å². The number of hydrogen-bond donors (Lipinski definition) is 1. The predicted octanol–water partition coefficient (Wildman–Crippen LogP) is 3.76. The summed E-state index contributed by atoms with van der Waals surface area (Å²) in [5.74, 6) is -1.41. The van der Waals surface area contributed by atoms with Crippen LogP contribution in [0.5, 0.6) is 0 Å². The van der Waals surface area contributed by atoms with E-state index in [-0.39, 0.29) is 22.4 Å². The summed E-state index contributed by atoms with van der Waals surface area (Å²) < 4.78 is 43.4. The summed E-state index contributed by atoms with van der Waals surface area (Å²) in [6.07, 6.45) is 3.34. The molecule has 0 saturated carbocycles. The first kappa shape index (κ1) is 28.5. The molecular weight excluding hydrogens is 582 g/mol. The zero-order chi connectivity index (χ0) is 31.6. The van der Waals surface area contributed by atoms with Gasteiger partial charge in [-0.2, -0.15) is 0 Å². The van der Waals surface area contributed by atoms with Gasteiger partial charge in [0.15, 0.2) is 5.82 Å². The fraction of sp³-hybridized carbons (Fsp3) is 0.250. The number of hydrogen-bond acceptors (Lipinski definition) is 6. The van der Waals surface area contributed by atoms with E-state index in [2.05, 4.69) is 15.2 Å². The molecule has 0 radical (unpaired) electrons. The molecule has 1 aliphatic rings. The molecule has 1 saturated heterocycles. The molecule has 0 aliphatic carbocycles. The molecule has 0 bridgehead atoms. The van der Waals surface area contributed by atoms with Crippen LogP contribution in [0.4, 0.5) is 14.5 Å². The number of carbonyl (C=O) groups is 1. The van der Waals surface area contributed by atoms with E-state index in [1.165, 1.54) is 25.2 Å². The van der Waals surface area contributed by atoms with Gasteiger partial charge in [0, 0.05) is 52.9 Å². The van der Waals surface area contributed by atoms with Crippen molar-refractivity contribution < 1.29 is 18.3 Å². The van der Waals surface area contributed by atoms with E-state index in [0.29, 0.717) is 60.1 Å². The third kappa shape index (κ3) is 4.49. The quantitative estimate of drug-likeness (QED) is 0.318. The Morgan fingerprint density at radius 3 is 2.42 bits per heavy atom. The molecule has 7 rings (SSSR count). The lowest BCUT2D eigenvalue weighted by Crippen LogP contribution is -2.36. The lowest BCUT2D eigenvalue weighted by atomic mass is 10.0. The average Bonchev–Trinajstić information content (AvgIpc) is 3.70. The van der Waals surface area contributed by atoms with Crippen LogP contribution < -0.4 is 15.9 Å². The van der Waals surface area contributed by atoms with Crippen molar-refractivity contribution in [3.05, 3.63) is 82.7 Å². The summed E-state index contributed by atoms with van der Waals surface area (Å²) in [5.41, 5.74) is 4.77. The van der Waals surface area contributed by atoms with Crippen molar-refractivity contribution in [3.8, 4) is 28.3 Å². The Bertz CT molecular complexity index is 2200. The average molecular weight is 613 g/mol. The number of nitrogens with zero attached hydrogens (tertiary/aromatic N) is 7. The maximum absolute atomic E-state index is 16.0. The Balaban J connectivity index is 1.49. The SMILES string of the molecule is CNC(=O)c1ccc(-c2cc3nc(-c4cncn4C)n(-c4cc(N5CCOCC5)c5c(c4)n(C)c(=O)n5C)c3cc2F)cc1F. The van der Waals surface area contributed by atoms with Crippen LogP contribution in [0.1, 0.15) is 10.4 Å². The van der Waals surface area contributed by atoms with E-state index in [4.69, 9.17) is 9.72 Å². The highest BCUT2D eigenvalue weighted by molar-refractivity contribution is 5.96. The van der Waals surface area contributed by atoms with Gasteiger partial charge in [-0.05, 0) is 35.9 Å². The van der Waals surface area contributed by atoms with Gasteiger partial charge >= 0.3 is 5.69 Å². The summed E-state index contributed by atoms with van der Waals surface area (Å²) in [6, 6.07) is 10.8. The van der Waals surface area contributed by atoms with E-state index in [1.54, 1.807) is 41.8 Å². The number of aryl methyl sites for hydroxylation is 3. The van der Waals surface area contributed by atoms with Crippen LogP contribution in [0.15, 0.2) is 59.8 Å². The summed E-state index contributed by atoms with van der Waals surface area (Å²) >= 11 is 0. The Morgan fingerprint density at radius 1 is 0.956 bits per heavy atom. The first-order valence-corrected chi connectivity index (χ1v) is 14.4. The van der Waals surface area contributed by atoms with E-state index in [1.807, 2.05) is 28.3 Å². The van der Waals surface area contributed by atoms with Crippen LogP contribution in [0, 0.1) is 11.6 Å². The van der Waals surface area contributed by atoms with Gasteiger partial charge in [-0.3, -0.25) is 18.5 Å². The second-order valence-corrected chi connectivity index (χ2v) is 11.1. The summed E-state index contributed by atoms with van der Waals surface area (Å²) in [5, 5.41) is 2.40. The first-order valence-electron chi connectivity index (χ1n) is 14.4. The number of nitrogens with one attached hydrogen (secondary N) is 1. The van der Waals surface area contributed by atoms with Crippen molar-refractivity contribution in [2.24, 2.45) is 21.1 Å². The molecule has 6 aromatic rings. The third-order valence-electron chi connectivity index (χ3n) is 8.48. The summed E-state index contributed by atoms with van der Waals surface area (Å²) in [4.78, 5) is 36.5. The molecule has 11 nitrogen and oxygen atoms in total. The number of imidazole rings is 3. The van der Waals surface area contributed by atoms with Gasteiger partial charge in [-0.25, -0.2) is 23.5 Å². The molecule has 4 heterocycles. The molecule has 45 heavy (non-hydrogen) atoms. The third-order valence-corrected chi connectivity index (χ3v) is 8.48. The van der Waals surface area contributed by atoms with E-state index in [9.17, 15) is 14.0 Å². The smallest absolute Gasteiger partial charge is 0.328 e. The number of ether oxygens (including phenoxy) is 1. The Hall–Kier alpha value is -5.30. The van der Waals surface area contributed by atoms with Crippen LogP contribution in [0.25, 0.3) is 50.4 Å². The highest BCUT2D eigenvalue weighted by Crippen LogP contribution is 2.37. The first-order chi connectivity index (χ1) is 21.7. The number of amides is 1. The molecule has 1 N–H and O–H groups in total. The number of anilines is 1. The molecule has 0 unspecified atom stereocenters. The number of morpholine rings is 1. The minimum atomic E-state index is -0.759. The molecule has 230 valence electrons. The van der Waals surface area contributed by atoms with Crippen molar-refractivity contribution in [2.45, 2.75) is 0 Å². The highest BCUT2D eigenvalue weighted by Gasteiger charge is 2.25. The molecule has 1 amide bonds. The summed E-state index contributed by atoms with van der Waals surface area (Å²) in [7, 11) is 6.74. The lowest BCUT2D eigenvalue weighted by Gasteiger charge is -2.30. The number of fused-ring (bicyclic) bond motifs is 2. The van der Waals surface area contributed by atoms with E-state index in [0.717, 1.165) is 17.3 Å². The van der Waals surface area contributed by atoms with Crippen LogP contribution in [0.3, 0.4) is 0 Å². The zero-order valence-corrected chi connectivity index (χ0v) is 25.1. The van der Waals surface area contributed by atoms with Crippen LogP contribution in [-0.2, 0) is 25.9 Å². The fourth-order valence-electron chi connectivity index (χ4n) is 6.11. The Labute approximate surface area is 255 Å². The standard InChI is InChI=1S/C32H30F2N8O3/c1-35-31(43)20-6-5-18(11-22(20)33)21-14-24-25(15-23(21)34)42(30(37-24)28-16-36-17-38(28)2)19-12-26-29(40(4)32(44)39(26)3)27(13-19)41-7-9-45-10-8-41/h5-6,11-17H,7-10H2,1-4H3,(H,35,43). The van der Waals surface area contributed by atoms with E-state index < -0.39 is 17.5 Å². The van der Waals surface area contributed by atoms with Gasteiger partial charge in [0.25, 0.3) is 5.91 Å². The largest absolute Gasteiger partial charge is 0.378 e. The highest BCUT2D eigenvalue weighted by atomic mass is 19.1. The molecular formula is C32H30F2N8O3. The normalized spacial score (nSPS) is 13.7. The van der Waals surface area contributed by atoms with Crippen molar-refractivity contribution >= 4 is 33.7 Å². The van der Waals surface area contributed by atoms with Gasteiger partial charge in [-0.15, -0.1) is 0 Å². The van der Waals surface area contributed by atoms with Crippen molar-refractivity contribution in [1.82, 2.24) is 33.6 Å². The number of aromatic nitrogens is 6. The molecule has 3 aromatic carbocycles. The van der Waals surface area contributed by atoms with Gasteiger partial charge in [0.1, 0.15) is 17.3 Å². The van der Waals surface area contributed by atoms with Gasteiger partial charge < -0.3 is 19.5 Å². The van der Waals surface area contributed by atoms with Crippen LogP contribution >= 0.6 is 0 Å². The molecule has 1 fully saturated rings. The van der Waals surface area contributed by atoms with Crippen molar-refractivity contribution in [2.75, 3.05) is 38.3 Å². The van der Waals surface area contributed by atoms with E-state index >= 15 is 4.39 Å². The molecule has 1 aliphatic heterocycles. The zero-order valence-electron chi connectivity index (χ0n) is 25.1. The predicted molar refractivity (Wildman–Crippen MR) is 167 cm³/mol.